The second kappa shape index (κ2) is 5.39. The van der Waals surface area contributed by atoms with Crippen molar-refractivity contribution in [2.45, 2.75) is 19.4 Å². The Morgan fingerprint density at radius 1 is 1.13 bits per heavy atom. The molecule has 0 fully saturated rings. The van der Waals surface area contributed by atoms with Gasteiger partial charge in [0.1, 0.15) is 5.82 Å². The summed E-state index contributed by atoms with van der Waals surface area (Å²) in [7, 11) is 0. The quantitative estimate of drug-likeness (QED) is 0.702. The zero-order valence-corrected chi connectivity index (χ0v) is 12.7. The van der Waals surface area contributed by atoms with Gasteiger partial charge in [-0.3, -0.25) is 9.36 Å². The molecule has 0 saturated carbocycles. The maximum atomic E-state index is 12.7. The van der Waals surface area contributed by atoms with Crippen LogP contribution in [0.2, 0.25) is 0 Å². The van der Waals surface area contributed by atoms with E-state index in [0.29, 0.717) is 23.1 Å². The predicted octanol–water partition coefficient (Wildman–Crippen LogP) is 3.31. The zero-order valence-electron chi connectivity index (χ0n) is 12.7. The number of benzene rings is 2. The van der Waals surface area contributed by atoms with E-state index in [1.54, 1.807) is 22.8 Å². The lowest BCUT2D eigenvalue weighted by Gasteiger charge is -2.21. The normalized spacial score (nSPS) is 15.7. The number of rotatable bonds is 1. The van der Waals surface area contributed by atoms with E-state index >= 15 is 0 Å². The summed E-state index contributed by atoms with van der Waals surface area (Å²) in [5.41, 5.74) is 9.38. The zero-order chi connectivity index (χ0) is 15.8. The Bertz CT molecular complexity index is 971. The first kappa shape index (κ1) is 13.8. The third-order valence-corrected chi connectivity index (χ3v) is 4.23. The first-order valence-electron chi connectivity index (χ1n) is 7.78. The van der Waals surface area contributed by atoms with E-state index in [9.17, 15) is 4.79 Å². The summed E-state index contributed by atoms with van der Waals surface area (Å²) in [6, 6.07) is 15.4. The molecular formula is C19H17N3O. The van der Waals surface area contributed by atoms with Gasteiger partial charge in [-0.2, -0.15) is 0 Å². The van der Waals surface area contributed by atoms with E-state index in [0.717, 1.165) is 29.8 Å². The smallest absolute Gasteiger partial charge is 0.261 e. The largest absolute Gasteiger partial charge is 0.399 e. The van der Waals surface area contributed by atoms with Crippen LogP contribution in [0, 0.1) is 0 Å². The molecule has 1 aromatic heterocycles. The van der Waals surface area contributed by atoms with Gasteiger partial charge in [0.05, 0.1) is 10.9 Å². The van der Waals surface area contributed by atoms with Crippen LogP contribution in [-0.4, -0.2) is 9.55 Å². The van der Waals surface area contributed by atoms with Gasteiger partial charge in [-0.05, 0) is 48.3 Å². The molecule has 4 heteroatoms. The van der Waals surface area contributed by atoms with Gasteiger partial charge in [0.25, 0.3) is 5.56 Å². The molecule has 0 spiro atoms. The summed E-state index contributed by atoms with van der Waals surface area (Å²) >= 11 is 0. The first-order chi connectivity index (χ1) is 11.2. The maximum Gasteiger partial charge on any atom is 0.261 e. The van der Waals surface area contributed by atoms with E-state index in [2.05, 4.69) is 18.2 Å². The Morgan fingerprint density at radius 2 is 1.96 bits per heavy atom. The van der Waals surface area contributed by atoms with Gasteiger partial charge in [-0.15, -0.1) is 0 Å². The molecule has 3 aromatic rings. The number of hydrogen-bond donors (Lipinski definition) is 1. The summed E-state index contributed by atoms with van der Waals surface area (Å²) in [6.07, 6.45) is 4.00. The molecule has 0 atom stereocenters. The molecule has 2 N–H and O–H groups in total. The standard InChI is InChI=1S/C19H17N3O/c20-15-8-9-16-17(12-15)21-18-14(7-4-10-22(18)19(16)23)11-13-5-2-1-3-6-13/h1-3,5-6,8-9,11-12H,4,7,10,20H2. The Kier molecular flexibility index (Phi) is 3.23. The van der Waals surface area contributed by atoms with Gasteiger partial charge >= 0.3 is 0 Å². The fraction of sp³-hybridized carbons (Fsp3) is 0.158. The van der Waals surface area contributed by atoms with Crippen molar-refractivity contribution in [3.8, 4) is 0 Å². The highest BCUT2D eigenvalue weighted by molar-refractivity contribution is 5.85. The molecule has 1 aliphatic rings. The summed E-state index contributed by atoms with van der Waals surface area (Å²) in [4.78, 5) is 17.5. The van der Waals surface area contributed by atoms with Crippen molar-refractivity contribution in [1.82, 2.24) is 9.55 Å². The molecule has 114 valence electrons. The van der Waals surface area contributed by atoms with E-state index < -0.39 is 0 Å². The van der Waals surface area contributed by atoms with Crippen LogP contribution in [0.1, 0.15) is 24.2 Å². The number of fused-ring (bicyclic) bond motifs is 2. The average molecular weight is 303 g/mol. The lowest BCUT2D eigenvalue weighted by molar-refractivity contribution is 0.587. The molecule has 2 heterocycles. The lowest BCUT2D eigenvalue weighted by atomic mass is 10.0. The van der Waals surface area contributed by atoms with Crippen molar-refractivity contribution in [3.05, 3.63) is 70.3 Å². The summed E-state index contributed by atoms with van der Waals surface area (Å²) in [6.45, 7) is 0.716. The Hall–Kier alpha value is -2.88. The van der Waals surface area contributed by atoms with Gasteiger partial charge in [0.2, 0.25) is 0 Å². The second-order valence-corrected chi connectivity index (χ2v) is 5.85. The van der Waals surface area contributed by atoms with Crippen LogP contribution in [0.25, 0.3) is 22.6 Å². The minimum absolute atomic E-state index is 0.0173. The fourth-order valence-electron chi connectivity index (χ4n) is 3.12. The molecule has 0 saturated heterocycles. The molecule has 4 rings (SSSR count). The van der Waals surface area contributed by atoms with Crippen molar-refractivity contribution in [3.63, 3.8) is 0 Å². The van der Waals surface area contributed by atoms with Crippen molar-refractivity contribution in [2.24, 2.45) is 0 Å². The van der Waals surface area contributed by atoms with Crippen molar-refractivity contribution in [2.75, 3.05) is 5.73 Å². The number of allylic oxidation sites excluding steroid dienone is 1. The first-order valence-corrected chi connectivity index (χ1v) is 7.78. The minimum Gasteiger partial charge on any atom is -0.399 e. The molecule has 0 unspecified atom stereocenters. The highest BCUT2D eigenvalue weighted by Gasteiger charge is 2.18. The molecule has 2 aromatic carbocycles. The molecule has 0 radical (unpaired) electrons. The molecule has 4 nitrogen and oxygen atoms in total. The third kappa shape index (κ3) is 2.42. The number of aromatic nitrogens is 2. The Balaban J connectivity index is 1.95. The highest BCUT2D eigenvalue weighted by atomic mass is 16.1. The third-order valence-electron chi connectivity index (χ3n) is 4.23. The molecule has 0 amide bonds. The predicted molar refractivity (Wildman–Crippen MR) is 94.0 cm³/mol. The number of nitrogens with zero attached hydrogens (tertiary/aromatic N) is 2. The van der Waals surface area contributed by atoms with Crippen LogP contribution in [0.4, 0.5) is 5.69 Å². The lowest BCUT2D eigenvalue weighted by Crippen LogP contribution is -2.27. The van der Waals surface area contributed by atoms with Crippen LogP contribution < -0.4 is 11.3 Å². The van der Waals surface area contributed by atoms with E-state index in [1.807, 2.05) is 18.2 Å². The second-order valence-electron chi connectivity index (χ2n) is 5.85. The molecule has 23 heavy (non-hydrogen) atoms. The summed E-state index contributed by atoms with van der Waals surface area (Å²) in [5.74, 6) is 0.767. The number of nitrogens with two attached hydrogens (primary N) is 1. The number of anilines is 1. The van der Waals surface area contributed by atoms with E-state index in [1.165, 1.54) is 0 Å². The molecule has 0 bridgehead atoms. The van der Waals surface area contributed by atoms with Gasteiger partial charge in [-0.25, -0.2) is 4.98 Å². The van der Waals surface area contributed by atoms with Crippen LogP contribution in [0.5, 0.6) is 0 Å². The molecule has 1 aliphatic heterocycles. The maximum absolute atomic E-state index is 12.7. The van der Waals surface area contributed by atoms with Crippen LogP contribution in [0.15, 0.2) is 53.3 Å². The molecule has 0 aliphatic carbocycles. The Morgan fingerprint density at radius 3 is 2.78 bits per heavy atom. The summed E-state index contributed by atoms with van der Waals surface area (Å²) in [5, 5.41) is 0.629. The van der Waals surface area contributed by atoms with Crippen molar-refractivity contribution >= 4 is 28.2 Å². The summed E-state index contributed by atoms with van der Waals surface area (Å²) < 4.78 is 1.79. The van der Waals surface area contributed by atoms with Gasteiger partial charge in [-0.1, -0.05) is 30.3 Å². The van der Waals surface area contributed by atoms with Crippen LogP contribution >= 0.6 is 0 Å². The topological polar surface area (TPSA) is 60.9 Å². The fourth-order valence-corrected chi connectivity index (χ4v) is 3.12. The van der Waals surface area contributed by atoms with E-state index in [4.69, 9.17) is 10.7 Å². The van der Waals surface area contributed by atoms with Crippen LogP contribution in [-0.2, 0) is 6.54 Å². The van der Waals surface area contributed by atoms with Gasteiger partial charge in [0.15, 0.2) is 0 Å². The minimum atomic E-state index is 0.0173. The van der Waals surface area contributed by atoms with Gasteiger partial charge < -0.3 is 5.73 Å². The molecular weight excluding hydrogens is 286 g/mol. The Labute approximate surface area is 133 Å². The van der Waals surface area contributed by atoms with Crippen LogP contribution in [0.3, 0.4) is 0 Å². The monoisotopic (exact) mass is 303 g/mol. The average Bonchev–Trinajstić information content (AvgIpc) is 2.56. The van der Waals surface area contributed by atoms with Gasteiger partial charge in [0, 0.05) is 12.2 Å². The number of hydrogen-bond acceptors (Lipinski definition) is 3. The van der Waals surface area contributed by atoms with Crippen molar-refractivity contribution in [1.29, 1.82) is 0 Å². The highest BCUT2D eigenvalue weighted by Crippen LogP contribution is 2.27. The van der Waals surface area contributed by atoms with Crippen molar-refractivity contribution < 1.29 is 0 Å². The number of nitrogen functional groups attached to an aromatic ring is 1. The van der Waals surface area contributed by atoms with E-state index in [-0.39, 0.29) is 5.56 Å². The SMILES string of the molecule is Nc1ccc2c(=O)n3c(nc2c1)C(=Cc1ccccc1)CCC3.